The highest BCUT2D eigenvalue weighted by Crippen LogP contribution is 2.19. The van der Waals surface area contributed by atoms with Gasteiger partial charge in [-0.25, -0.2) is 4.39 Å². The van der Waals surface area contributed by atoms with Gasteiger partial charge in [0, 0.05) is 10.6 Å². The molecule has 1 aromatic heterocycles. The molecule has 0 fully saturated rings. The molecule has 0 bridgehead atoms. The van der Waals surface area contributed by atoms with Crippen LogP contribution >= 0.6 is 11.6 Å². The second-order valence-corrected chi connectivity index (χ2v) is 4.92. The SMILES string of the molecule is O=C(COC(=O)Cc1c(F)cccc1Cl)NNC(=O)c1ccco1. The number of amides is 2. The number of ether oxygens (including phenoxy) is 1. The Hall–Kier alpha value is -2.87. The third kappa shape index (κ3) is 4.82. The maximum atomic E-state index is 13.5. The minimum absolute atomic E-state index is 0.00138. The number of esters is 1. The van der Waals surface area contributed by atoms with Crippen LogP contribution in [-0.4, -0.2) is 24.4 Å². The average Bonchev–Trinajstić information content (AvgIpc) is 3.09. The van der Waals surface area contributed by atoms with E-state index in [-0.39, 0.29) is 16.3 Å². The van der Waals surface area contributed by atoms with E-state index in [1.165, 1.54) is 30.5 Å². The van der Waals surface area contributed by atoms with E-state index < -0.39 is 36.6 Å². The van der Waals surface area contributed by atoms with Gasteiger partial charge in [-0.2, -0.15) is 0 Å². The molecule has 126 valence electrons. The van der Waals surface area contributed by atoms with Gasteiger partial charge in [-0.05, 0) is 24.3 Å². The molecule has 2 N–H and O–H groups in total. The minimum Gasteiger partial charge on any atom is -0.459 e. The topological polar surface area (TPSA) is 97.6 Å². The first-order chi connectivity index (χ1) is 11.5. The molecule has 0 saturated carbocycles. The lowest BCUT2D eigenvalue weighted by atomic mass is 10.1. The van der Waals surface area contributed by atoms with E-state index in [1.54, 1.807) is 0 Å². The van der Waals surface area contributed by atoms with Crippen molar-refractivity contribution in [1.82, 2.24) is 10.9 Å². The predicted molar refractivity (Wildman–Crippen MR) is 80.4 cm³/mol. The molecule has 0 atom stereocenters. The Balaban J connectivity index is 1.75. The van der Waals surface area contributed by atoms with Gasteiger partial charge in [0.15, 0.2) is 12.4 Å². The Morgan fingerprint density at radius 2 is 1.96 bits per heavy atom. The fraction of sp³-hybridized carbons (Fsp3) is 0.133. The second-order valence-electron chi connectivity index (χ2n) is 4.52. The fourth-order valence-corrected chi connectivity index (χ4v) is 1.90. The molecule has 2 amide bonds. The number of hydrazine groups is 1. The van der Waals surface area contributed by atoms with Crippen LogP contribution in [0.5, 0.6) is 0 Å². The Labute approximate surface area is 140 Å². The standard InChI is InChI=1S/C15H12ClFN2O5/c16-10-3-1-4-11(17)9(10)7-14(21)24-8-13(20)18-19-15(22)12-5-2-6-23-12/h1-6H,7-8H2,(H,18,20)(H,19,22). The third-order valence-electron chi connectivity index (χ3n) is 2.81. The van der Waals surface area contributed by atoms with Gasteiger partial charge in [-0.15, -0.1) is 0 Å². The van der Waals surface area contributed by atoms with Crippen LogP contribution in [0.3, 0.4) is 0 Å². The van der Waals surface area contributed by atoms with Crippen molar-refractivity contribution in [2.24, 2.45) is 0 Å². The van der Waals surface area contributed by atoms with Gasteiger partial charge in [-0.3, -0.25) is 25.2 Å². The highest BCUT2D eigenvalue weighted by Gasteiger charge is 2.15. The average molecular weight is 355 g/mol. The summed E-state index contributed by atoms with van der Waals surface area (Å²) >= 11 is 5.79. The Kier molecular flexibility index (Phi) is 5.91. The molecule has 2 aromatic rings. The molecule has 0 aliphatic rings. The van der Waals surface area contributed by atoms with Crippen LogP contribution in [0.15, 0.2) is 41.0 Å². The Bertz CT molecular complexity index is 728. The third-order valence-corrected chi connectivity index (χ3v) is 3.16. The van der Waals surface area contributed by atoms with Crippen molar-refractivity contribution in [2.45, 2.75) is 6.42 Å². The van der Waals surface area contributed by atoms with E-state index in [2.05, 4.69) is 10.2 Å². The van der Waals surface area contributed by atoms with Crippen LogP contribution in [0.4, 0.5) is 4.39 Å². The quantitative estimate of drug-likeness (QED) is 0.628. The summed E-state index contributed by atoms with van der Waals surface area (Å²) in [6.45, 7) is -0.649. The molecular formula is C15H12ClFN2O5. The van der Waals surface area contributed by atoms with Gasteiger partial charge in [0.1, 0.15) is 5.82 Å². The summed E-state index contributed by atoms with van der Waals surface area (Å²) in [5, 5.41) is 0.0853. The van der Waals surface area contributed by atoms with Crippen molar-refractivity contribution in [2.75, 3.05) is 6.61 Å². The minimum atomic E-state index is -0.838. The van der Waals surface area contributed by atoms with Gasteiger partial charge in [0.25, 0.3) is 5.91 Å². The maximum absolute atomic E-state index is 13.5. The summed E-state index contributed by atoms with van der Waals surface area (Å²) in [5.41, 5.74) is 4.09. The van der Waals surface area contributed by atoms with Gasteiger partial charge >= 0.3 is 11.9 Å². The van der Waals surface area contributed by atoms with E-state index in [1.807, 2.05) is 5.43 Å². The van der Waals surface area contributed by atoms with E-state index in [9.17, 15) is 18.8 Å². The molecule has 0 saturated heterocycles. The molecular weight excluding hydrogens is 343 g/mol. The number of carbonyl (C=O) groups excluding carboxylic acids is 3. The monoisotopic (exact) mass is 354 g/mol. The van der Waals surface area contributed by atoms with Crippen LogP contribution in [0, 0.1) is 5.82 Å². The van der Waals surface area contributed by atoms with Crippen molar-refractivity contribution >= 4 is 29.4 Å². The van der Waals surface area contributed by atoms with Crippen LogP contribution in [-0.2, 0) is 20.7 Å². The number of nitrogens with one attached hydrogen (secondary N) is 2. The van der Waals surface area contributed by atoms with E-state index in [4.69, 9.17) is 16.0 Å². The van der Waals surface area contributed by atoms with Crippen molar-refractivity contribution in [3.63, 3.8) is 0 Å². The summed E-state index contributed by atoms with van der Waals surface area (Å²) in [5.74, 6) is -2.92. The number of carbonyl (C=O) groups is 3. The molecule has 0 aliphatic carbocycles. The molecule has 2 rings (SSSR count). The largest absolute Gasteiger partial charge is 0.459 e. The van der Waals surface area contributed by atoms with Crippen LogP contribution in [0.1, 0.15) is 16.1 Å². The number of halogens is 2. The molecule has 0 spiro atoms. The summed E-state index contributed by atoms with van der Waals surface area (Å²) in [6, 6.07) is 6.91. The number of furan rings is 1. The lowest BCUT2D eigenvalue weighted by Gasteiger charge is -2.08. The van der Waals surface area contributed by atoms with E-state index in [0.717, 1.165) is 6.07 Å². The summed E-state index contributed by atoms with van der Waals surface area (Å²) < 4.78 is 23.0. The first-order valence-corrected chi connectivity index (χ1v) is 7.06. The van der Waals surface area contributed by atoms with E-state index in [0.29, 0.717) is 0 Å². The van der Waals surface area contributed by atoms with Crippen molar-refractivity contribution in [3.8, 4) is 0 Å². The van der Waals surface area contributed by atoms with Crippen LogP contribution < -0.4 is 10.9 Å². The van der Waals surface area contributed by atoms with Crippen LogP contribution in [0.25, 0.3) is 0 Å². The molecule has 7 nitrogen and oxygen atoms in total. The number of benzene rings is 1. The normalized spacial score (nSPS) is 10.1. The molecule has 0 radical (unpaired) electrons. The molecule has 24 heavy (non-hydrogen) atoms. The van der Waals surface area contributed by atoms with E-state index >= 15 is 0 Å². The van der Waals surface area contributed by atoms with Gasteiger partial charge in [0.05, 0.1) is 12.7 Å². The Morgan fingerprint density at radius 1 is 1.17 bits per heavy atom. The zero-order valence-corrected chi connectivity index (χ0v) is 12.9. The zero-order valence-electron chi connectivity index (χ0n) is 12.2. The summed E-state index contributed by atoms with van der Waals surface area (Å²) in [7, 11) is 0. The first kappa shape index (κ1) is 17.5. The first-order valence-electron chi connectivity index (χ1n) is 6.68. The second kappa shape index (κ2) is 8.11. The highest BCUT2D eigenvalue weighted by molar-refractivity contribution is 6.31. The van der Waals surface area contributed by atoms with Crippen molar-refractivity contribution in [1.29, 1.82) is 0 Å². The van der Waals surface area contributed by atoms with Gasteiger partial charge in [-0.1, -0.05) is 17.7 Å². The maximum Gasteiger partial charge on any atom is 0.310 e. The van der Waals surface area contributed by atoms with Gasteiger partial charge in [0.2, 0.25) is 0 Å². The number of hydrogen-bond donors (Lipinski definition) is 2. The fourth-order valence-electron chi connectivity index (χ4n) is 1.67. The predicted octanol–water partition coefficient (Wildman–Crippen LogP) is 1.62. The zero-order chi connectivity index (χ0) is 17.5. The highest BCUT2D eigenvalue weighted by atomic mass is 35.5. The van der Waals surface area contributed by atoms with Crippen molar-refractivity contribution in [3.05, 3.63) is 58.8 Å². The number of hydrogen-bond acceptors (Lipinski definition) is 5. The molecule has 0 unspecified atom stereocenters. The number of rotatable bonds is 5. The van der Waals surface area contributed by atoms with Crippen LogP contribution in [0.2, 0.25) is 5.02 Å². The summed E-state index contributed by atoms with van der Waals surface area (Å²) in [6.07, 6.45) is 0.879. The van der Waals surface area contributed by atoms with Gasteiger partial charge < -0.3 is 9.15 Å². The molecule has 1 heterocycles. The molecule has 1 aromatic carbocycles. The lowest BCUT2D eigenvalue weighted by Crippen LogP contribution is -2.43. The Morgan fingerprint density at radius 3 is 2.62 bits per heavy atom. The van der Waals surface area contributed by atoms with Crippen molar-refractivity contribution < 1.29 is 27.9 Å². The summed E-state index contributed by atoms with van der Waals surface area (Å²) in [4.78, 5) is 34.6. The molecule has 0 aliphatic heterocycles. The molecule has 9 heteroatoms. The lowest BCUT2D eigenvalue weighted by molar-refractivity contribution is -0.148. The smallest absolute Gasteiger partial charge is 0.310 e.